The highest BCUT2D eigenvalue weighted by Crippen LogP contribution is 2.55. The topological polar surface area (TPSA) is 97.5 Å². The Morgan fingerprint density at radius 1 is 1.09 bits per heavy atom. The third-order valence-electron chi connectivity index (χ3n) is 4.39. The molecule has 1 fully saturated rings. The number of hydrogen-bond acceptors (Lipinski definition) is 4. The number of sulfone groups is 1. The maximum atomic E-state index is 12.8. The summed E-state index contributed by atoms with van der Waals surface area (Å²) in [6, 6.07) is 15.0. The number of rotatable bonds is 4. The molecule has 1 saturated carbocycles. The zero-order chi connectivity index (χ0) is 16.8. The lowest BCUT2D eigenvalue weighted by Crippen LogP contribution is -2.39. The highest BCUT2D eigenvalue weighted by atomic mass is 32.2. The van der Waals surface area contributed by atoms with Crippen molar-refractivity contribution in [2.24, 2.45) is 5.73 Å². The zero-order valence-corrected chi connectivity index (χ0v) is 13.3. The Morgan fingerprint density at radius 2 is 1.65 bits per heavy atom. The normalized spacial score (nSPS) is 26.7. The fraction of sp³-hybridized carbons (Fsp3) is 0.235. The van der Waals surface area contributed by atoms with Gasteiger partial charge in [-0.15, -0.1) is 0 Å². The maximum Gasteiger partial charge on any atom is 0.325 e. The van der Waals surface area contributed by atoms with Crippen LogP contribution < -0.4 is 5.73 Å². The Kier molecular flexibility index (Phi) is 3.54. The Bertz CT molecular complexity index is 846. The van der Waals surface area contributed by atoms with Crippen LogP contribution in [-0.2, 0) is 14.6 Å². The number of benzene rings is 2. The number of aliphatic carboxylic acids is 1. The molecule has 3 atom stereocenters. The highest BCUT2D eigenvalue weighted by molar-refractivity contribution is 7.92. The number of hydrogen-bond donors (Lipinski definition) is 2. The van der Waals surface area contributed by atoms with Gasteiger partial charge in [-0.05, 0) is 24.6 Å². The summed E-state index contributed by atoms with van der Waals surface area (Å²) in [7, 11) is -3.83. The van der Waals surface area contributed by atoms with Crippen LogP contribution in [0.15, 0.2) is 59.5 Å². The first kappa shape index (κ1) is 15.7. The molecule has 0 unspecified atom stereocenters. The van der Waals surface area contributed by atoms with E-state index < -0.39 is 32.5 Å². The van der Waals surface area contributed by atoms with Gasteiger partial charge in [-0.2, -0.15) is 0 Å². The van der Waals surface area contributed by atoms with Crippen molar-refractivity contribution in [1.29, 1.82) is 0 Å². The number of aryl methyl sites for hydroxylation is 1. The fourth-order valence-corrected chi connectivity index (χ4v) is 5.30. The van der Waals surface area contributed by atoms with E-state index in [1.807, 2.05) is 19.1 Å². The zero-order valence-electron chi connectivity index (χ0n) is 12.5. The molecule has 5 nitrogen and oxygen atoms in total. The second kappa shape index (κ2) is 5.18. The molecule has 1 aliphatic carbocycles. The molecule has 0 saturated heterocycles. The van der Waals surface area contributed by atoms with Crippen molar-refractivity contribution in [1.82, 2.24) is 0 Å². The average Bonchev–Trinajstić information content (AvgIpc) is 3.18. The molecule has 2 aromatic rings. The summed E-state index contributed by atoms with van der Waals surface area (Å²) in [4.78, 5) is 11.7. The van der Waals surface area contributed by atoms with Crippen LogP contribution in [0.3, 0.4) is 0 Å². The van der Waals surface area contributed by atoms with Gasteiger partial charge in [0.1, 0.15) is 10.8 Å². The average molecular weight is 331 g/mol. The van der Waals surface area contributed by atoms with Crippen molar-refractivity contribution in [3.63, 3.8) is 0 Å². The number of carboxylic acid groups (broad SMARTS) is 1. The molecule has 0 amide bonds. The van der Waals surface area contributed by atoms with Crippen molar-refractivity contribution < 1.29 is 18.3 Å². The first-order valence-electron chi connectivity index (χ1n) is 7.17. The van der Waals surface area contributed by atoms with Gasteiger partial charge in [0.15, 0.2) is 9.84 Å². The van der Waals surface area contributed by atoms with Crippen molar-refractivity contribution in [3.8, 4) is 0 Å². The quantitative estimate of drug-likeness (QED) is 0.889. The fourth-order valence-electron chi connectivity index (χ4n) is 3.05. The van der Waals surface area contributed by atoms with Crippen molar-refractivity contribution in [2.45, 2.75) is 28.5 Å². The molecule has 2 aromatic carbocycles. The van der Waals surface area contributed by atoms with Gasteiger partial charge < -0.3 is 10.8 Å². The lowest BCUT2D eigenvalue weighted by atomic mass is 10.1. The minimum atomic E-state index is -3.83. The Hall–Kier alpha value is -2.18. The van der Waals surface area contributed by atoms with Crippen LogP contribution in [0.1, 0.15) is 17.0 Å². The molecular formula is C17H17NO4S. The highest BCUT2D eigenvalue weighted by Gasteiger charge is 2.74. The molecule has 6 heteroatoms. The predicted octanol–water partition coefficient (Wildman–Crippen LogP) is 1.72. The van der Waals surface area contributed by atoms with Gasteiger partial charge in [-0.1, -0.05) is 48.0 Å². The summed E-state index contributed by atoms with van der Waals surface area (Å²) < 4.78 is 25.6. The minimum Gasteiger partial charge on any atom is -0.480 e. The lowest BCUT2D eigenvalue weighted by molar-refractivity contribution is -0.139. The van der Waals surface area contributed by atoms with E-state index in [0.29, 0.717) is 5.56 Å². The van der Waals surface area contributed by atoms with Crippen molar-refractivity contribution in [2.75, 3.05) is 0 Å². The van der Waals surface area contributed by atoms with Gasteiger partial charge in [0, 0.05) is 5.92 Å². The predicted molar refractivity (Wildman–Crippen MR) is 85.9 cm³/mol. The molecule has 0 heterocycles. The van der Waals surface area contributed by atoms with Crippen LogP contribution in [0.5, 0.6) is 0 Å². The summed E-state index contributed by atoms with van der Waals surface area (Å²) in [5.74, 6) is -2.06. The monoisotopic (exact) mass is 331 g/mol. The van der Waals surface area contributed by atoms with Gasteiger partial charge in [0.2, 0.25) is 0 Å². The summed E-state index contributed by atoms with van der Waals surface area (Å²) in [5.41, 5.74) is 5.83. The van der Waals surface area contributed by atoms with E-state index in [4.69, 9.17) is 5.73 Å². The van der Waals surface area contributed by atoms with Crippen molar-refractivity contribution in [3.05, 3.63) is 65.7 Å². The first-order chi connectivity index (χ1) is 10.8. The Morgan fingerprint density at radius 3 is 2.17 bits per heavy atom. The van der Waals surface area contributed by atoms with Gasteiger partial charge in [-0.3, -0.25) is 4.79 Å². The Balaban J connectivity index is 2.07. The van der Waals surface area contributed by atoms with Crippen LogP contribution in [0, 0.1) is 6.92 Å². The second-order valence-electron chi connectivity index (χ2n) is 5.91. The molecule has 0 aromatic heterocycles. The Labute approximate surface area is 134 Å². The molecule has 0 radical (unpaired) electrons. The summed E-state index contributed by atoms with van der Waals surface area (Å²) in [6.45, 7) is 1.90. The standard InChI is InChI=1S/C17H17NO4S/c1-11-7-9-12(10-8-11)14-15(17(14,18)16(19)20)23(21,22)13-5-3-2-4-6-13/h2-10,14-15H,18H2,1H3,(H,19,20)/t14-,15+,17+/m0/s1. The minimum absolute atomic E-state index is 0.0932. The summed E-state index contributed by atoms with van der Waals surface area (Å²) >= 11 is 0. The molecule has 0 aliphatic heterocycles. The van der Waals surface area contributed by atoms with E-state index in [9.17, 15) is 18.3 Å². The van der Waals surface area contributed by atoms with Gasteiger partial charge in [0.25, 0.3) is 0 Å². The molecule has 0 spiro atoms. The van der Waals surface area contributed by atoms with Crippen molar-refractivity contribution >= 4 is 15.8 Å². The number of carbonyl (C=O) groups is 1. The lowest BCUT2D eigenvalue weighted by Gasteiger charge is -2.06. The van der Waals surface area contributed by atoms with Crippen LogP contribution in [0.2, 0.25) is 0 Å². The van der Waals surface area contributed by atoms with Crippen LogP contribution in [0.25, 0.3) is 0 Å². The van der Waals surface area contributed by atoms with Gasteiger partial charge in [-0.25, -0.2) is 8.42 Å². The van der Waals surface area contributed by atoms with Crippen LogP contribution >= 0.6 is 0 Å². The summed E-state index contributed by atoms with van der Waals surface area (Å²) in [5, 5.41) is 8.32. The van der Waals surface area contributed by atoms with E-state index in [-0.39, 0.29) is 4.90 Å². The summed E-state index contributed by atoms with van der Waals surface area (Å²) in [6.07, 6.45) is 0. The van der Waals surface area contributed by atoms with E-state index in [0.717, 1.165) is 5.56 Å². The van der Waals surface area contributed by atoms with Crippen LogP contribution in [-0.4, -0.2) is 30.3 Å². The molecule has 120 valence electrons. The third-order valence-corrected chi connectivity index (χ3v) is 6.65. The molecule has 3 N–H and O–H groups in total. The largest absolute Gasteiger partial charge is 0.480 e. The van der Waals surface area contributed by atoms with E-state index in [2.05, 4.69) is 0 Å². The second-order valence-corrected chi connectivity index (χ2v) is 7.97. The van der Waals surface area contributed by atoms with E-state index in [1.54, 1.807) is 30.3 Å². The smallest absolute Gasteiger partial charge is 0.325 e. The molecule has 3 rings (SSSR count). The molecule has 0 bridgehead atoms. The van der Waals surface area contributed by atoms with Gasteiger partial charge in [0.05, 0.1) is 4.90 Å². The first-order valence-corrected chi connectivity index (χ1v) is 8.72. The number of nitrogens with two attached hydrogens (primary N) is 1. The molecule has 1 aliphatic rings. The molecular weight excluding hydrogens is 314 g/mol. The SMILES string of the molecule is Cc1ccc([C@H]2[C@@H](S(=O)(=O)c3ccccc3)[C@@]2(N)C(=O)O)cc1. The van der Waals surface area contributed by atoms with E-state index in [1.165, 1.54) is 12.1 Å². The third kappa shape index (κ3) is 2.34. The van der Waals surface area contributed by atoms with E-state index >= 15 is 0 Å². The maximum absolute atomic E-state index is 12.8. The molecule has 23 heavy (non-hydrogen) atoms. The number of carboxylic acids is 1. The van der Waals surface area contributed by atoms with Crippen LogP contribution in [0.4, 0.5) is 0 Å². The van der Waals surface area contributed by atoms with Gasteiger partial charge >= 0.3 is 5.97 Å².